The number of carbonyl (C=O) groups excluding carboxylic acids is 2. The Morgan fingerprint density at radius 2 is 1.65 bits per heavy atom. The van der Waals surface area contributed by atoms with Crippen LogP contribution in [0.3, 0.4) is 0 Å². The van der Waals surface area contributed by atoms with Crippen molar-refractivity contribution in [3.63, 3.8) is 0 Å². The molecular formula is C24H28Cl2F3N3O4S. The highest BCUT2D eigenvalue weighted by Crippen LogP contribution is 2.37. The molecule has 0 radical (unpaired) electrons. The highest BCUT2D eigenvalue weighted by Gasteiger charge is 2.35. The molecule has 2 rings (SSSR count). The lowest BCUT2D eigenvalue weighted by atomic mass is 10.1. The van der Waals surface area contributed by atoms with Gasteiger partial charge in [0.25, 0.3) is 0 Å². The molecular weight excluding hydrogens is 554 g/mol. The third-order valence-corrected chi connectivity index (χ3v) is 7.38. The number of benzene rings is 2. The van der Waals surface area contributed by atoms with Gasteiger partial charge in [-0.15, -0.1) is 0 Å². The summed E-state index contributed by atoms with van der Waals surface area (Å²) in [4.78, 5) is 27.5. The summed E-state index contributed by atoms with van der Waals surface area (Å²) >= 11 is 11.6. The number of nitrogens with zero attached hydrogens (tertiary/aromatic N) is 2. The van der Waals surface area contributed by atoms with Gasteiger partial charge in [0.1, 0.15) is 12.6 Å². The Kier molecular flexibility index (Phi) is 10.3. The number of anilines is 1. The van der Waals surface area contributed by atoms with Crippen molar-refractivity contribution in [2.75, 3.05) is 17.1 Å². The van der Waals surface area contributed by atoms with Crippen LogP contribution >= 0.6 is 23.2 Å². The Hall–Kier alpha value is -2.50. The van der Waals surface area contributed by atoms with Crippen LogP contribution < -0.4 is 9.62 Å². The summed E-state index contributed by atoms with van der Waals surface area (Å²) in [5, 5.41) is 2.62. The zero-order valence-electron chi connectivity index (χ0n) is 20.6. The Bertz CT molecular complexity index is 1220. The predicted octanol–water partition coefficient (Wildman–Crippen LogP) is 5.11. The second-order valence-electron chi connectivity index (χ2n) is 8.57. The summed E-state index contributed by atoms with van der Waals surface area (Å²) in [5.41, 5.74) is -1.03. The van der Waals surface area contributed by atoms with E-state index in [1.807, 2.05) is 6.92 Å². The third kappa shape index (κ3) is 8.51. The van der Waals surface area contributed by atoms with Crippen molar-refractivity contribution >= 4 is 50.7 Å². The smallest absolute Gasteiger partial charge is 0.352 e. The van der Waals surface area contributed by atoms with Gasteiger partial charge in [-0.3, -0.25) is 13.9 Å². The van der Waals surface area contributed by atoms with E-state index in [1.54, 1.807) is 31.2 Å². The van der Waals surface area contributed by atoms with Gasteiger partial charge < -0.3 is 10.2 Å². The van der Waals surface area contributed by atoms with Crippen molar-refractivity contribution < 1.29 is 31.2 Å². The zero-order valence-corrected chi connectivity index (χ0v) is 23.0. The SMILES string of the molecule is CC[C@H](C)NC(=O)[C@H](C)N(Cc1ccc(Cl)cc1)C(=O)CN(c1ccc(Cl)c(C(F)(F)F)c1)S(C)(=O)=O. The average molecular weight is 582 g/mol. The monoisotopic (exact) mass is 581 g/mol. The van der Waals surface area contributed by atoms with Gasteiger partial charge in [0.05, 0.1) is 22.5 Å². The first-order valence-corrected chi connectivity index (χ1v) is 13.8. The highest BCUT2D eigenvalue weighted by atomic mass is 35.5. The maximum absolute atomic E-state index is 13.5. The van der Waals surface area contributed by atoms with Crippen LogP contribution in [0, 0.1) is 0 Å². The van der Waals surface area contributed by atoms with Crippen molar-refractivity contribution in [1.29, 1.82) is 0 Å². The van der Waals surface area contributed by atoms with E-state index in [-0.39, 0.29) is 12.6 Å². The molecule has 1 N–H and O–H groups in total. The molecule has 0 fully saturated rings. The second-order valence-corrected chi connectivity index (χ2v) is 11.3. The zero-order chi connectivity index (χ0) is 28.1. The van der Waals surface area contributed by atoms with Crippen LogP contribution in [0.4, 0.5) is 18.9 Å². The number of sulfonamides is 1. The second kappa shape index (κ2) is 12.4. The maximum Gasteiger partial charge on any atom is 0.417 e. The van der Waals surface area contributed by atoms with E-state index in [0.717, 1.165) is 18.4 Å². The molecule has 0 heterocycles. The van der Waals surface area contributed by atoms with E-state index in [4.69, 9.17) is 23.2 Å². The standard InChI is InChI=1S/C24H28Cl2F3N3O4S/c1-5-15(2)30-23(34)16(3)31(13-17-6-8-18(25)9-7-17)22(33)14-32(37(4,35)36)19-10-11-21(26)20(12-19)24(27,28)29/h6-12,15-16H,5,13-14H2,1-4H3,(H,30,34)/t15-,16-/m0/s1. The molecule has 0 unspecified atom stereocenters. The maximum atomic E-state index is 13.5. The third-order valence-electron chi connectivity index (χ3n) is 5.66. The fourth-order valence-electron chi connectivity index (χ4n) is 3.33. The van der Waals surface area contributed by atoms with Crippen LogP contribution in [0.1, 0.15) is 38.3 Å². The number of carbonyl (C=O) groups is 2. The molecule has 204 valence electrons. The van der Waals surface area contributed by atoms with Gasteiger partial charge in [0.15, 0.2) is 0 Å². The topological polar surface area (TPSA) is 86.8 Å². The normalized spacial score (nSPS) is 13.5. The number of rotatable bonds is 10. The Morgan fingerprint density at radius 1 is 1.05 bits per heavy atom. The minimum atomic E-state index is -4.84. The molecule has 0 aliphatic heterocycles. The van der Waals surface area contributed by atoms with Gasteiger partial charge in [0, 0.05) is 17.6 Å². The Morgan fingerprint density at radius 3 is 2.16 bits per heavy atom. The van der Waals surface area contributed by atoms with Crippen LogP contribution in [0.25, 0.3) is 0 Å². The number of hydrogen-bond acceptors (Lipinski definition) is 4. The first-order valence-electron chi connectivity index (χ1n) is 11.2. The van der Waals surface area contributed by atoms with Crippen molar-refractivity contribution in [3.8, 4) is 0 Å². The summed E-state index contributed by atoms with van der Waals surface area (Å²) in [7, 11) is -4.21. The van der Waals surface area contributed by atoms with Crippen molar-refractivity contribution in [2.24, 2.45) is 0 Å². The van der Waals surface area contributed by atoms with Crippen LogP contribution in [0.15, 0.2) is 42.5 Å². The lowest BCUT2D eigenvalue weighted by molar-refractivity contribution is -0.139. The highest BCUT2D eigenvalue weighted by molar-refractivity contribution is 7.92. The van der Waals surface area contributed by atoms with Gasteiger partial charge in [-0.1, -0.05) is 42.3 Å². The molecule has 2 aromatic carbocycles. The van der Waals surface area contributed by atoms with Crippen molar-refractivity contribution in [1.82, 2.24) is 10.2 Å². The fourth-order valence-corrected chi connectivity index (χ4v) is 4.53. The largest absolute Gasteiger partial charge is 0.417 e. The molecule has 13 heteroatoms. The summed E-state index contributed by atoms with van der Waals surface area (Å²) in [6.07, 6.45) is -3.43. The molecule has 2 aromatic rings. The summed E-state index contributed by atoms with van der Waals surface area (Å²) in [6, 6.07) is 7.84. The van der Waals surface area contributed by atoms with Gasteiger partial charge in [0.2, 0.25) is 21.8 Å². The molecule has 0 saturated heterocycles. The molecule has 0 aliphatic carbocycles. The van der Waals surface area contributed by atoms with Gasteiger partial charge in [-0.05, 0) is 56.2 Å². The van der Waals surface area contributed by atoms with Crippen molar-refractivity contribution in [3.05, 3.63) is 63.6 Å². The Balaban J connectivity index is 2.47. The fraction of sp³-hybridized carbons (Fsp3) is 0.417. The van der Waals surface area contributed by atoms with E-state index in [1.165, 1.54) is 11.8 Å². The first kappa shape index (κ1) is 30.7. The van der Waals surface area contributed by atoms with Crippen molar-refractivity contribution in [2.45, 2.75) is 52.0 Å². The molecule has 0 aliphatic rings. The molecule has 7 nitrogen and oxygen atoms in total. The van der Waals surface area contributed by atoms with Gasteiger partial charge >= 0.3 is 6.18 Å². The predicted molar refractivity (Wildman–Crippen MR) is 138 cm³/mol. The molecule has 37 heavy (non-hydrogen) atoms. The van der Waals surface area contributed by atoms with Crippen LogP contribution in [-0.4, -0.2) is 50.0 Å². The molecule has 0 bridgehead atoms. The molecule has 0 spiro atoms. The van der Waals surface area contributed by atoms with E-state index in [0.29, 0.717) is 27.4 Å². The van der Waals surface area contributed by atoms with E-state index in [2.05, 4.69) is 5.32 Å². The average Bonchev–Trinajstić information content (AvgIpc) is 2.80. The van der Waals surface area contributed by atoms with Crippen LogP contribution in [0.5, 0.6) is 0 Å². The first-order chi connectivity index (χ1) is 17.0. The lowest BCUT2D eigenvalue weighted by Gasteiger charge is -2.32. The molecule has 0 saturated carbocycles. The number of amides is 2. The molecule has 2 atom stereocenters. The quantitative estimate of drug-likeness (QED) is 0.422. The summed E-state index contributed by atoms with van der Waals surface area (Å²) < 4.78 is 65.9. The number of hydrogen-bond donors (Lipinski definition) is 1. The van der Waals surface area contributed by atoms with Crippen LogP contribution in [-0.2, 0) is 32.3 Å². The minimum absolute atomic E-state index is 0.0723. The Labute approximate surface area is 224 Å². The van der Waals surface area contributed by atoms with Gasteiger partial charge in [-0.25, -0.2) is 8.42 Å². The van der Waals surface area contributed by atoms with E-state index >= 15 is 0 Å². The minimum Gasteiger partial charge on any atom is -0.352 e. The van der Waals surface area contributed by atoms with E-state index < -0.39 is 56.9 Å². The number of halogens is 5. The summed E-state index contributed by atoms with van der Waals surface area (Å²) in [5.74, 6) is -1.26. The molecule has 2 amide bonds. The number of alkyl halides is 3. The summed E-state index contributed by atoms with van der Waals surface area (Å²) in [6.45, 7) is 4.24. The van der Waals surface area contributed by atoms with E-state index in [9.17, 15) is 31.2 Å². The van der Waals surface area contributed by atoms with Gasteiger partial charge in [-0.2, -0.15) is 13.2 Å². The van der Waals surface area contributed by atoms with Crippen LogP contribution in [0.2, 0.25) is 10.0 Å². The number of nitrogens with one attached hydrogen (secondary N) is 1. The molecule has 0 aromatic heterocycles. The lowest BCUT2D eigenvalue weighted by Crippen LogP contribution is -2.52.